The van der Waals surface area contributed by atoms with Crippen LogP contribution in [0.3, 0.4) is 0 Å². The summed E-state index contributed by atoms with van der Waals surface area (Å²) < 4.78 is 2.32. The zero-order valence-electron chi connectivity index (χ0n) is 9.00. The number of halogens is 2. The first kappa shape index (κ1) is 11.9. The Morgan fingerprint density at radius 2 is 1.44 bits per heavy atom. The number of rotatable bonds is 2. The maximum absolute atomic E-state index is 3.58. The molecule has 82 valence electrons. The second kappa shape index (κ2) is 5.15. The van der Waals surface area contributed by atoms with Crippen LogP contribution in [0.1, 0.15) is 16.7 Å². The summed E-state index contributed by atoms with van der Waals surface area (Å²) >= 11 is 7.16. The van der Waals surface area contributed by atoms with Gasteiger partial charge in [0, 0.05) is 8.95 Å². The zero-order valence-corrected chi connectivity index (χ0v) is 12.2. The molecule has 0 aliphatic rings. The topological polar surface area (TPSA) is 0 Å². The fourth-order valence-electron chi connectivity index (χ4n) is 1.63. The minimum absolute atomic E-state index is 0.971. The molecule has 2 aromatic rings. The highest BCUT2D eigenvalue weighted by Gasteiger charge is 2.03. The van der Waals surface area contributed by atoms with Gasteiger partial charge in [0.1, 0.15) is 0 Å². The van der Waals surface area contributed by atoms with Crippen LogP contribution in [0.4, 0.5) is 0 Å². The van der Waals surface area contributed by atoms with E-state index in [0.717, 1.165) is 15.4 Å². The van der Waals surface area contributed by atoms with Crippen molar-refractivity contribution < 1.29 is 0 Å². The minimum atomic E-state index is 0.971. The lowest BCUT2D eigenvalue weighted by Crippen LogP contribution is -1.90. The van der Waals surface area contributed by atoms with Crippen LogP contribution in [0.25, 0.3) is 0 Å². The van der Waals surface area contributed by atoms with Crippen LogP contribution >= 0.6 is 31.9 Å². The Bertz CT molecular complexity index is 466. The lowest BCUT2D eigenvalue weighted by atomic mass is 10.0. The van der Waals surface area contributed by atoms with Crippen LogP contribution in [-0.2, 0) is 6.42 Å². The van der Waals surface area contributed by atoms with Crippen LogP contribution in [0.5, 0.6) is 0 Å². The molecule has 0 aliphatic heterocycles. The van der Waals surface area contributed by atoms with Crippen LogP contribution in [0.15, 0.2) is 51.4 Å². The van der Waals surface area contributed by atoms with Gasteiger partial charge in [-0.15, -0.1) is 0 Å². The van der Waals surface area contributed by atoms with Gasteiger partial charge < -0.3 is 0 Å². The van der Waals surface area contributed by atoms with E-state index >= 15 is 0 Å². The molecule has 2 aromatic carbocycles. The summed E-state index contributed by atoms with van der Waals surface area (Å²) in [5.74, 6) is 0. The van der Waals surface area contributed by atoms with E-state index in [9.17, 15) is 0 Å². The molecule has 2 heteroatoms. The largest absolute Gasteiger partial charge is 0.0622 e. The molecule has 0 aromatic heterocycles. The molecule has 16 heavy (non-hydrogen) atoms. The first-order valence-corrected chi connectivity index (χ1v) is 6.74. The van der Waals surface area contributed by atoms with Crippen molar-refractivity contribution in [2.24, 2.45) is 0 Å². The fraction of sp³-hybridized carbons (Fsp3) is 0.143. The van der Waals surface area contributed by atoms with Gasteiger partial charge in [-0.25, -0.2) is 0 Å². The van der Waals surface area contributed by atoms with Crippen LogP contribution in [0.2, 0.25) is 0 Å². The first-order chi connectivity index (χ1) is 7.66. The van der Waals surface area contributed by atoms with Crippen molar-refractivity contribution in [2.45, 2.75) is 13.3 Å². The van der Waals surface area contributed by atoms with Crippen molar-refractivity contribution in [1.29, 1.82) is 0 Å². The molecular formula is C14H12Br2. The standard InChI is InChI=1S/C14H12Br2/c1-10-13(15)8-12(9-14(10)16)7-11-5-3-2-4-6-11/h2-6,8-9H,7H2,1H3. The zero-order chi connectivity index (χ0) is 11.5. The lowest BCUT2D eigenvalue weighted by molar-refractivity contribution is 1.17. The molecule has 0 aliphatic carbocycles. The smallest absolute Gasteiger partial charge is 0.0218 e. The molecule has 0 bridgehead atoms. The van der Waals surface area contributed by atoms with E-state index in [0.29, 0.717) is 0 Å². The Kier molecular flexibility index (Phi) is 3.82. The average molecular weight is 340 g/mol. The maximum atomic E-state index is 3.58. The maximum Gasteiger partial charge on any atom is 0.0218 e. The molecule has 0 amide bonds. The third-order valence-electron chi connectivity index (χ3n) is 2.59. The Labute approximate surface area is 113 Å². The summed E-state index contributed by atoms with van der Waals surface area (Å²) in [7, 11) is 0. The highest BCUT2D eigenvalue weighted by atomic mass is 79.9. The van der Waals surface area contributed by atoms with E-state index in [-0.39, 0.29) is 0 Å². The van der Waals surface area contributed by atoms with Gasteiger partial charge in [0.05, 0.1) is 0 Å². The quantitative estimate of drug-likeness (QED) is 0.713. The third-order valence-corrected chi connectivity index (χ3v) is 4.24. The van der Waals surface area contributed by atoms with Crippen LogP contribution < -0.4 is 0 Å². The van der Waals surface area contributed by atoms with Gasteiger partial charge in [-0.2, -0.15) is 0 Å². The van der Waals surface area contributed by atoms with E-state index in [1.165, 1.54) is 16.7 Å². The molecule has 0 radical (unpaired) electrons. The summed E-state index contributed by atoms with van der Waals surface area (Å²) in [6.45, 7) is 2.10. The molecule has 0 saturated heterocycles. The molecule has 0 fully saturated rings. The van der Waals surface area contributed by atoms with Gasteiger partial charge in [0.15, 0.2) is 0 Å². The molecule has 0 atom stereocenters. The second-order valence-electron chi connectivity index (χ2n) is 3.85. The summed E-state index contributed by atoms with van der Waals surface area (Å²) in [4.78, 5) is 0. The highest BCUT2D eigenvalue weighted by Crippen LogP contribution is 2.27. The van der Waals surface area contributed by atoms with E-state index in [2.05, 4.69) is 75.2 Å². The van der Waals surface area contributed by atoms with Crippen LogP contribution in [0, 0.1) is 6.92 Å². The summed E-state index contributed by atoms with van der Waals surface area (Å²) in [6, 6.07) is 14.9. The third kappa shape index (κ3) is 2.74. The molecule has 0 spiro atoms. The van der Waals surface area contributed by atoms with E-state index in [1.807, 2.05) is 6.07 Å². The van der Waals surface area contributed by atoms with Gasteiger partial charge in [-0.3, -0.25) is 0 Å². The predicted molar refractivity (Wildman–Crippen MR) is 75.8 cm³/mol. The highest BCUT2D eigenvalue weighted by molar-refractivity contribution is 9.11. The van der Waals surface area contributed by atoms with Gasteiger partial charge in [0.2, 0.25) is 0 Å². The Morgan fingerprint density at radius 3 is 2.00 bits per heavy atom. The molecule has 2 rings (SSSR count). The summed E-state index contributed by atoms with van der Waals surface area (Å²) in [5.41, 5.74) is 3.90. The Morgan fingerprint density at radius 1 is 0.875 bits per heavy atom. The monoisotopic (exact) mass is 338 g/mol. The minimum Gasteiger partial charge on any atom is -0.0622 e. The summed E-state index contributed by atoms with van der Waals surface area (Å²) in [5, 5.41) is 0. The first-order valence-electron chi connectivity index (χ1n) is 5.15. The number of hydrogen-bond acceptors (Lipinski definition) is 0. The molecular weight excluding hydrogens is 328 g/mol. The summed E-state index contributed by atoms with van der Waals surface area (Å²) in [6.07, 6.45) is 0.971. The van der Waals surface area contributed by atoms with Crippen molar-refractivity contribution in [1.82, 2.24) is 0 Å². The lowest BCUT2D eigenvalue weighted by Gasteiger charge is -2.07. The van der Waals surface area contributed by atoms with Crippen LogP contribution in [-0.4, -0.2) is 0 Å². The number of hydrogen-bond donors (Lipinski definition) is 0. The van der Waals surface area contributed by atoms with E-state index in [4.69, 9.17) is 0 Å². The molecule has 0 heterocycles. The fourth-order valence-corrected chi connectivity index (χ4v) is 2.91. The van der Waals surface area contributed by atoms with Crippen molar-refractivity contribution >= 4 is 31.9 Å². The normalized spacial score (nSPS) is 10.4. The SMILES string of the molecule is Cc1c(Br)cc(Cc2ccccc2)cc1Br. The Balaban J connectivity index is 2.29. The molecule has 0 unspecified atom stereocenters. The van der Waals surface area contributed by atoms with Crippen molar-refractivity contribution in [3.8, 4) is 0 Å². The van der Waals surface area contributed by atoms with Gasteiger partial charge in [-0.1, -0.05) is 62.2 Å². The number of benzene rings is 2. The molecule has 0 nitrogen and oxygen atoms in total. The van der Waals surface area contributed by atoms with Gasteiger partial charge in [-0.05, 0) is 42.2 Å². The van der Waals surface area contributed by atoms with Gasteiger partial charge in [0.25, 0.3) is 0 Å². The Hall–Kier alpha value is -0.600. The van der Waals surface area contributed by atoms with E-state index in [1.54, 1.807) is 0 Å². The molecule has 0 saturated carbocycles. The van der Waals surface area contributed by atoms with Gasteiger partial charge >= 0.3 is 0 Å². The van der Waals surface area contributed by atoms with Crippen molar-refractivity contribution in [3.05, 3.63) is 68.1 Å². The average Bonchev–Trinajstić information content (AvgIpc) is 2.27. The van der Waals surface area contributed by atoms with E-state index < -0.39 is 0 Å². The van der Waals surface area contributed by atoms with Crippen molar-refractivity contribution in [2.75, 3.05) is 0 Å². The molecule has 0 N–H and O–H groups in total. The predicted octanol–water partition coefficient (Wildman–Crippen LogP) is 5.11. The van der Waals surface area contributed by atoms with Crippen molar-refractivity contribution in [3.63, 3.8) is 0 Å². The second-order valence-corrected chi connectivity index (χ2v) is 5.56.